The van der Waals surface area contributed by atoms with Crippen LogP contribution in [-0.4, -0.2) is 4.57 Å². The summed E-state index contributed by atoms with van der Waals surface area (Å²) >= 11 is 0. The Bertz CT molecular complexity index is 861. The molecule has 0 aliphatic heterocycles. The fourth-order valence-corrected chi connectivity index (χ4v) is 2.99. The van der Waals surface area contributed by atoms with Crippen LogP contribution in [0.4, 0.5) is 0 Å². The molecule has 0 N–H and O–H groups in total. The largest absolute Gasteiger partial charge is 0.310 e. The second-order valence-electron chi connectivity index (χ2n) is 6.45. The topological polar surface area (TPSA) is 4.93 Å². The van der Waals surface area contributed by atoms with Crippen molar-refractivity contribution in [3.8, 4) is 0 Å². The lowest BCUT2D eigenvalue weighted by atomic mass is 10.1. The van der Waals surface area contributed by atoms with Crippen LogP contribution in [-0.2, 0) is 0 Å². The van der Waals surface area contributed by atoms with Crippen molar-refractivity contribution < 1.29 is 0 Å². The molecule has 1 heterocycles. The molecule has 1 rings (SSSR count). The van der Waals surface area contributed by atoms with Gasteiger partial charge in [0.2, 0.25) is 0 Å². The van der Waals surface area contributed by atoms with Gasteiger partial charge in [0.15, 0.2) is 0 Å². The van der Waals surface area contributed by atoms with Gasteiger partial charge in [-0.15, -0.1) is 0 Å². The van der Waals surface area contributed by atoms with Crippen LogP contribution < -0.4 is 0 Å². The summed E-state index contributed by atoms with van der Waals surface area (Å²) in [6, 6.07) is 0. The van der Waals surface area contributed by atoms with Gasteiger partial charge >= 0.3 is 0 Å². The van der Waals surface area contributed by atoms with E-state index in [-0.39, 0.29) is 0 Å². The van der Waals surface area contributed by atoms with E-state index in [0.29, 0.717) is 0 Å². The number of rotatable bonds is 11. The Kier molecular flexibility index (Phi) is 10.1. The van der Waals surface area contributed by atoms with Crippen molar-refractivity contribution in [3.63, 3.8) is 0 Å². The molecule has 1 heteroatoms. The molecule has 146 valence electrons. The summed E-state index contributed by atoms with van der Waals surface area (Å²) in [5, 5.41) is 0. The fraction of sp³-hybridized carbons (Fsp3) is 0.185. The summed E-state index contributed by atoms with van der Waals surface area (Å²) in [5.74, 6) is 0. The number of allylic oxidation sites excluding steroid dienone is 11. The minimum absolute atomic E-state index is 1.00. The molecule has 0 radical (unpaired) electrons. The Hall–Kier alpha value is -3.06. The van der Waals surface area contributed by atoms with Gasteiger partial charge in [0, 0.05) is 17.0 Å². The predicted octanol–water partition coefficient (Wildman–Crippen LogP) is 8.17. The van der Waals surface area contributed by atoms with Crippen LogP contribution in [0.25, 0.3) is 23.9 Å². The minimum atomic E-state index is 1.00. The van der Waals surface area contributed by atoms with Gasteiger partial charge in [0.25, 0.3) is 0 Å². The molecule has 0 saturated heterocycles. The SMILES string of the molecule is C=C/C=C/CC/C(C)=C/C=C(\C=C)n1c(C=C)c(C=C)c(C)c1/C=C\C=C/C. The fourth-order valence-electron chi connectivity index (χ4n) is 2.99. The molecule has 0 spiro atoms. The van der Waals surface area contributed by atoms with E-state index in [1.807, 2.05) is 49.5 Å². The highest BCUT2D eigenvalue weighted by Crippen LogP contribution is 2.30. The van der Waals surface area contributed by atoms with E-state index in [4.69, 9.17) is 0 Å². The van der Waals surface area contributed by atoms with Crippen molar-refractivity contribution in [2.24, 2.45) is 0 Å². The van der Waals surface area contributed by atoms with Gasteiger partial charge in [-0.1, -0.05) is 80.5 Å². The maximum Gasteiger partial charge on any atom is 0.0531 e. The van der Waals surface area contributed by atoms with E-state index in [9.17, 15) is 0 Å². The molecule has 0 fully saturated rings. The van der Waals surface area contributed by atoms with E-state index < -0.39 is 0 Å². The number of aromatic nitrogens is 1. The van der Waals surface area contributed by atoms with Gasteiger partial charge in [-0.25, -0.2) is 0 Å². The molecule has 0 aromatic carbocycles. The second kappa shape index (κ2) is 12.3. The van der Waals surface area contributed by atoms with Crippen molar-refractivity contribution in [1.82, 2.24) is 4.57 Å². The Morgan fingerprint density at radius 1 is 0.964 bits per heavy atom. The van der Waals surface area contributed by atoms with Crippen LogP contribution in [0.1, 0.15) is 49.2 Å². The summed E-state index contributed by atoms with van der Waals surface area (Å²) in [6.45, 7) is 22.0. The quantitative estimate of drug-likeness (QED) is 0.346. The zero-order chi connectivity index (χ0) is 20.9. The first-order valence-electron chi connectivity index (χ1n) is 9.63. The maximum atomic E-state index is 4.04. The second-order valence-corrected chi connectivity index (χ2v) is 6.45. The van der Waals surface area contributed by atoms with Gasteiger partial charge in [-0.05, 0) is 63.5 Å². The van der Waals surface area contributed by atoms with Crippen LogP contribution in [0.15, 0.2) is 86.6 Å². The van der Waals surface area contributed by atoms with E-state index in [0.717, 1.165) is 35.5 Å². The highest BCUT2D eigenvalue weighted by Gasteiger charge is 2.16. The number of hydrogen-bond acceptors (Lipinski definition) is 0. The van der Waals surface area contributed by atoms with Gasteiger partial charge in [0.05, 0.1) is 5.69 Å². The summed E-state index contributed by atoms with van der Waals surface area (Å²) in [4.78, 5) is 0. The van der Waals surface area contributed by atoms with Crippen molar-refractivity contribution in [1.29, 1.82) is 0 Å². The first kappa shape index (κ1) is 23.0. The third-order valence-corrected chi connectivity index (χ3v) is 4.48. The third kappa shape index (κ3) is 5.99. The summed E-state index contributed by atoms with van der Waals surface area (Å²) in [5.41, 5.74) is 6.72. The van der Waals surface area contributed by atoms with Gasteiger partial charge in [-0.3, -0.25) is 0 Å². The lowest BCUT2D eigenvalue weighted by Crippen LogP contribution is -2.00. The highest BCUT2D eigenvalue weighted by atomic mass is 15.0. The Labute approximate surface area is 171 Å². The average Bonchev–Trinajstić information content (AvgIpc) is 2.97. The Morgan fingerprint density at radius 3 is 2.29 bits per heavy atom. The van der Waals surface area contributed by atoms with Crippen molar-refractivity contribution in [2.75, 3.05) is 0 Å². The molecular weight excluding hydrogens is 338 g/mol. The van der Waals surface area contributed by atoms with Crippen LogP contribution >= 0.6 is 0 Å². The molecule has 0 saturated carbocycles. The van der Waals surface area contributed by atoms with Crippen LogP contribution in [0.5, 0.6) is 0 Å². The van der Waals surface area contributed by atoms with Gasteiger partial charge < -0.3 is 4.57 Å². The molecule has 0 aliphatic carbocycles. The lowest BCUT2D eigenvalue weighted by Gasteiger charge is -2.11. The number of hydrogen-bond donors (Lipinski definition) is 0. The van der Waals surface area contributed by atoms with Gasteiger partial charge in [-0.2, -0.15) is 0 Å². The summed E-state index contributed by atoms with van der Waals surface area (Å²) in [7, 11) is 0. The van der Waals surface area contributed by atoms with E-state index in [1.54, 1.807) is 6.08 Å². The summed E-state index contributed by atoms with van der Waals surface area (Å²) < 4.78 is 2.19. The standard InChI is InChI=1S/C27H33N/c1-8-13-15-17-18-22(6)20-21-24(10-3)28-26(12-5)25(11-4)23(7)27(28)19-16-14-9-2/h8-16,19-21H,1,3-5,17-18H2,2,6-7H3/b14-9-,15-13+,19-16-,22-20+,24-21+. The van der Waals surface area contributed by atoms with Crippen LogP contribution in [0.2, 0.25) is 0 Å². The van der Waals surface area contributed by atoms with Crippen LogP contribution in [0, 0.1) is 6.92 Å². The average molecular weight is 372 g/mol. The van der Waals surface area contributed by atoms with Crippen molar-refractivity contribution in [2.45, 2.75) is 33.6 Å². The molecule has 28 heavy (non-hydrogen) atoms. The van der Waals surface area contributed by atoms with Gasteiger partial charge in [0.1, 0.15) is 0 Å². The van der Waals surface area contributed by atoms with E-state index in [1.165, 1.54) is 11.1 Å². The Balaban J connectivity index is 3.45. The number of nitrogens with zero attached hydrogens (tertiary/aromatic N) is 1. The zero-order valence-electron chi connectivity index (χ0n) is 17.6. The molecule has 0 bridgehead atoms. The van der Waals surface area contributed by atoms with E-state index in [2.05, 4.69) is 69.0 Å². The lowest BCUT2D eigenvalue weighted by molar-refractivity contribution is 0.977. The molecule has 0 unspecified atom stereocenters. The minimum Gasteiger partial charge on any atom is -0.310 e. The normalized spacial score (nSPS) is 13.0. The molecule has 1 aromatic rings. The smallest absolute Gasteiger partial charge is 0.0531 e. The van der Waals surface area contributed by atoms with Crippen molar-refractivity contribution >= 4 is 23.9 Å². The summed E-state index contributed by atoms with van der Waals surface area (Å²) in [6.07, 6.45) is 26.1. The molecule has 1 nitrogen and oxygen atoms in total. The third-order valence-electron chi connectivity index (χ3n) is 4.48. The Morgan fingerprint density at radius 2 is 1.71 bits per heavy atom. The highest BCUT2D eigenvalue weighted by molar-refractivity contribution is 5.77. The molecule has 0 amide bonds. The predicted molar refractivity (Wildman–Crippen MR) is 130 cm³/mol. The maximum absolute atomic E-state index is 4.04. The monoisotopic (exact) mass is 371 g/mol. The zero-order valence-corrected chi connectivity index (χ0v) is 17.6. The molecule has 0 aliphatic rings. The molecule has 0 atom stereocenters. The molecular formula is C27H33N. The van der Waals surface area contributed by atoms with E-state index >= 15 is 0 Å². The first-order valence-corrected chi connectivity index (χ1v) is 9.63. The van der Waals surface area contributed by atoms with Crippen molar-refractivity contribution in [3.05, 3.63) is 109 Å². The van der Waals surface area contributed by atoms with Crippen LogP contribution in [0.3, 0.4) is 0 Å². The first-order chi connectivity index (χ1) is 13.5. The molecule has 1 aromatic heterocycles.